The molecule has 2 N–H and O–H groups in total. The molecule has 0 aromatic heterocycles. The van der Waals surface area contributed by atoms with Gasteiger partial charge in [0.2, 0.25) is 6.29 Å². The van der Waals surface area contributed by atoms with Gasteiger partial charge in [-0.1, -0.05) is 31.9 Å². The molecule has 0 amide bonds. The molecule has 2 aliphatic heterocycles. The van der Waals surface area contributed by atoms with Crippen molar-refractivity contribution >= 4 is 5.97 Å². The van der Waals surface area contributed by atoms with Crippen molar-refractivity contribution in [3.05, 3.63) is 22.8 Å². The Balaban J connectivity index is 1.78. The number of cyclic esters (lactones) is 1. The molecule has 1 saturated heterocycles. The third-order valence-corrected chi connectivity index (χ3v) is 7.35. The number of aliphatic hydroxyl groups excluding tert-OH is 2. The van der Waals surface area contributed by atoms with Gasteiger partial charge in [-0.05, 0) is 44.4 Å². The highest BCUT2D eigenvalue weighted by Gasteiger charge is 2.64. The Morgan fingerprint density at radius 1 is 1.16 bits per heavy atom. The summed E-state index contributed by atoms with van der Waals surface area (Å²) in [6.45, 7) is 8.69. The number of aliphatic hydroxyl groups is 2. The zero-order valence-corrected chi connectivity index (χ0v) is 15.5. The van der Waals surface area contributed by atoms with Crippen LogP contribution in [0.5, 0.6) is 0 Å². The van der Waals surface area contributed by atoms with Crippen LogP contribution in [-0.2, 0) is 14.3 Å². The molecule has 0 radical (unpaired) electrons. The van der Waals surface area contributed by atoms with Gasteiger partial charge in [0.05, 0.1) is 12.2 Å². The van der Waals surface area contributed by atoms with Gasteiger partial charge in [0.15, 0.2) is 0 Å². The molecule has 0 bridgehead atoms. The molecule has 0 saturated carbocycles. The average Bonchev–Trinajstić information content (AvgIpc) is 2.99. The van der Waals surface area contributed by atoms with Gasteiger partial charge >= 0.3 is 5.97 Å². The van der Waals surface area contributed by atoms with Crippen LogP contribution in [0.1, 0.15) is 59.8 Å². The lowest BCUT2D eigenvalue weighted by Gasteiger charge is -2.53. The van der Waals surface area contributed by atoms with Crippen LogP contribution in [0.15, 0.2) is 22.8 Å². The number of rotatable bonds is 1. The number of hydrogen-bond donors (Lipinski definition) is 2. The molecular weight excluding hydrogens is 320 g/mol. The van der Waals surface area contributed by atoms with E-state index in [1.807, 2.05) is 6.92 Å². The molecule has 1 fully saturated rings. The average molecular weight is 348 g/mol. The van der Waals surface area contributed by atoms with Gasteiger partial charge in [-0.25, -0.2) is 4.79 Å². The fourth-order valence-electron chi connectivity index (χ4n) is 5.58. The maximum atomic E-state index is 11.5. The van der Waals surface area contributed by atoms with E-state index in [0.717, 1.165) is 19.3 Å². The predicted molar refractivity (Wildman–Crippen MR) is 91.5 cm³/mol. The summed E-state index contributed by atoms with van der Waals surface area (Å²) in [7, 11) is 0. The highest BCUT2D eigenvalue weighted by atomic mass is 16.6. The summed E-state index contributed by atoms with van der Waals surface area (Å²) in [4.78, 5) is 11.5. The first-order chi connectivity index (χ1) is 11.6. The summed E-state index contributed by atoms with van der Waals surface area (Å²) >= 11 is 0. The Morgan fingerprint density at radius 2 is 1.88 bits per heavy atom. The molecule has 5 nitrogen and oxygen atoms in total. The number of hydrogen-bond acceptors (Lipinski definition) is 5. The smallest absolute Gasteiger partial charge is 0.333 e. The molecule has 4 rings (SSSR count). The highest BCUT2D eigenvalue weighted by Crippen LogP contribution is 2.63. The second-order valence-corrected chi connectivity index (χ2v) is 9.10. The molecule has 4 aliphatic rings. The van der Waals surface area contributed by atoms with Crippen molar-refractivity contribution in [1.82, 2.24) is 0 Å². The molecule has 138 valence electrons. The first kappa shape index (κ1) is 17.3. The maximum Gasteiger partial charge on any atom is 0.333 e. The first-order valence-electron chi connectivity index (χ1n) is 9.27. The molecule has 5 atom stereocenters. The number of carbonyl (C=O) groups is 1. The van der Waals surface area contributed by atoms with Crippen LogP contribution in [0, 0.1) is 10.8 Å². The van der Waals surface area contributed by atoms with E-state index < -0.39 is 30.1 Å². The summed E-state index contributed by atoms with van der Waals surface area (Å²) in [5.41, 5.74) is 2.33. The quantitative estimate of drug-likeness (QED) is 0.563. The standard InChI is InChI=1S/C20H28O5/c1-18(2)7-5-6-12-13(18)9-15(21)20(4)19(12,3)10-14(25-20)11-8-16(22)24-17(11)23/h8,14-15,17,21,23H,5-7,9-10H2,1-4H3/t14-,15+,17+,19-,20+/m1/s1. The molecule has 2 aliphatic carbocycles. The van der Waals surface area contributed by atoms with Crippen molar-refractivity contribution in [1.29, 1.82) is 0 Å². The minimum Gasteiger partial charge on any atom is -0.429 e. The first-order valence-corrected chi connectivity index (χ1v) is 9.27. The second kappa shape index (κ2) is 5.18. The van der Waals surface area contributed by atoms with Crippen LogP contribution in [0.2, 0.25) is 0 Å². The van der Waals surface area contributed by atoms with Crippen molar-refractivity contribution in [2.45, 2.75) is 83.9 Å². The largest absolute Gasteiger partial charge is 0.429 e. The van der Waals surface area contributed by atoms with Crippen molar-refractivity contribution in [2.75, 3.05) is 0 Å². The molecule has 0 aromatic rings. The van der Waals surface area contributed by atoms with E-state index in [-0.39, 0.29) is 10.8 Å². The minimum absolute atomic E-state index is 0.0994. The topological polar surface area (TPSA) is 76.0 Å². The van der Waals surface area contributed by atoms with Crippen LogP contribution in [0.4, 0.5) is 0 Å². The Hall–Kier alpha value is -1.17. The zero-order valence-electron chi connectivity index (χ0n) is 15.5. The van der Waals surface area contributed by atoms with Crippen LogP contribution in [0.25, 0.3) is 0 Å². The number of ether oxygens (including phenoxy) is 2. The highest BCUT2D eigenvalue weighted by molar-refractivity contribution is 5.85. The van der Waals surface area contributed by atoms with Gasteiger partial charge in [-0.15, -0.1) is 0 Å². The molecule has 2 heterocycles. The van der Waals surface area contributed by atoms with Crippen LogP contribution >= 0.6 is 0 Å². The summed E-state index contributed by atoms with van der Waals surface area (Å²) in [6, 6.07) is 0. The SMILES string of the molecule is CC1(C)CCCC2=C1C[C@H](O)[C@]1(C)O[C@@H](C3=CC(=O)O[C@@H]3O)C[C@]21C. The Morgan fingerprint density at radius 3 is 2.52 bits per heavy atom. The summed E-state index contributed by atoms with van der Waals surface area (Å²) < 4.78 is 11.2. The van der Waals surface area contributed by atoms with Crippen LogP contribution in [-0.4, -0.2) is 40.3 Å². The van der Waals surface area contributed by atoms with Crippen LogP contribution < -0.4 is 0 Å². The molecule has 0 spiro atoms. The van der Waals surface area contributed by atoms with E-state index >= 15 is 0 Å². The van der Waals surface area contributed by atoms with Gasteiger partial charge in [-0.2, -0.15) is 0 Å². The van der Waals surface area contributed by atoms with E-state index in [1.54, 1.807) is 0 Å². The van der Waals surface area contributed by atoms with Crippen molar-refractivity contribution in [2.24, 2.45) is 10.8 Å². The molecule has 25 heavy (non-hydrogen) atoms. The van der Waals surface area contributed by atoms with Gasteiger partial charge in [0.25, 0.3) is 0 Å². The van der Waals surface area contributed by atoms with Gasteiger partial charge in [0, 0.05) is 17.1 Å². The Bertz CT molecular complexity index is 690. The van der Waals surface area contributed by atoms with Gasteiger partial charge in [-0.3, -0.25) is 0 Å². The fourth-order valence-corrected chi connectivity index (χ4v) is 5.58. The van der Waals surface area contributed by atoms with Gasteiger partial charge in [0.1, 0.15) is 5.60 Å². The third-order valence-electron chi connectivity index (χ3n) is 7.35. The molecule has 5 heteroatoms. The monoisotopic (exact) mass is 348 g/mol. The van der Waals surface area contributed by atoms with Crippen LogP contribution in [0.3, 0.4) is 0 Å². The maximum absolute atomic E-state index is 11.5. The van der Waals surface area contributed by atoms with Crippen molar-refractivity contribution in [3.8, 4) is 0 Å². The van der Waals surface area contributed by atoms with Gasteiger partial charge < -0.3 is 19.7 Å². The zero-order chi connectivity index (χ0) is 18.2. The van der Waals surface area contributed by atoms with E-state index in [1.165, 1.54) is 17.2 Å². The Labute approximate surface area is 148 Å². The van der Waals surface area contributed by atoms with E-state index in [9.17, 15) is 15.0 Å². The summed E-state index contributed by atoms with van der Waals surface area (Å²) in [5.74, 6) is -0.532. The minimum atomic E-state index is -1.24. The second-order valence-electron chi connectivity index (χ2n) is 9.10. The molecular formula is C20H28O5. The van der Waals surface area contributed by atoms with Crippen molar-refractivity contribution in [3.63, 3.8) is 0 Å². The van der Waals surface area contributed by atoms with E-state index in [0.29, 0.717) is 18.4 Å². The summed E-state index contributed by atoms with van der Waals surface area (Å²) in [5, 5.41) is 21.1. The van der Waals surface area contributed by atoms with E-state index in [4.69, 9.17) is 9.47 Å². The normalized spacial score (nSPS) is 45.8. The fraction of sp³-hybridized carbons (Fsp3) is 0.750. The third kappa shape index (κ3) is 2.22. The number of fused-ring (bicyclic) bond motifs is 2. The predicted octanol–water partition coefficient (Wildman–Crippen LogP) is 2.61. The Kier molecular flexibility index (Phi) is 3.57. The van der Waals surface area contributed by atoms with Crippen molar-refractivity contribution < 1.29 is 24.5 Å². The summed E-state index contributed by atoms with van der Waals surface area (Å²) in [6.07, 6.45) is 3.69. The molecule has 0 unspecified atom stereocenters. The lowest BCUT2D eigenvalue weighted by molar-refractivity contribution is -0.156. The number of esters is 1. The molecule has 0 aromatic carbocycles. The van der Waals surface area contributed by atoms with E-state index in [2.05, 4.69) is 20.8 Å². The number of carbonyl (C=O) groups excluding carboxylic acids is 1. The lowest BCUT2D eigenvalue weighted by Crippen LogP contribution is -2.56. The lowest BCUT2D eigenvalue weighted by atomic mass is 9.54.